The maximum atomic E-state index is 12.5. The van der Waals surface area contributed by atoms with E-state index in [0.717, 1.165) is 21.3 Å². The highest BCUT2D eigenvalue weighted by atomic mass is 32.2. The van der Waals surface area contributed by atoms with Gasteiger partial charge in [0.15, 0.2) is 14.6 Å². The molecule has 0 saturated heterocycles. The number of fused-ring (bicyclic) bond motifs is 1. The minimum atomic E-state index is -3.58. The van der Waals surface area contributed by atoms with E-state index in [2.05, 4.69) is 4.99 Å². The summed E-state index contributed by atoms with van der Waals surface area (Å²) in [5.41, 5.74) is 2.92. The topological polar surface area (TPSA) is 94.8 Å². The quantitative estimate of drug-likeness (QED) is 0.505. The Balaban J connectivity index is 1.92. The third-order valence-corrected chi connectivity index (χ3v) is 7.57. The number of amides is 1. The van der Waals surface area contributed by atoms with Crippen molar-refractivity contribution in [2.75, 3.05) is 12.4 Å². The smallest absolute Gasteiger partial charge is 0.326 e. The number of thiazole rings is 1. The Hall–Kier alpha value is -2.78. The fourth-order valence-corrected chi connectivity index (χ4v) is 5.40. The average molecular weight is 461 g/mol. The Bertz CT molecular complexity index is 1290. The molecule has 0 N–H and O–H groups in total. The van der Waals surface area contributed by atoms with E-state index >= 15 is 0 Å². The molecule has 7 nitrogen and oxygen atoms in total. The Morgan fingerprint density at radius 3 is 2.45 bits per heavy atom. The maximum absolute atomic E-state index is 12.5. The molecule has 31 heavy (non-hydrogen) atoms. The van der Waals surface area contributed by atoms with Gasteiger partial charge in [0.1, 0.15) is 6.54 Å². The highest BCUT2D eigenvalue weighted by molar-refractivity contribution is 7.91. The number of ether oxygens (including phenoxy) is 1. The zero-order valence-electron chi connectivity index (χ0n) is 17.6. The molecule has 0 bridgehead atoms. The van der Waals surface area contributed by atoms with Crippen LogP contribution in [0.4, 0.5) is 0 Å². The molecule has 0 unspecified atom stereocenters. The van der Waals surface area contributed by atoms with E-state index in [1.807, 2.05) is 26.0 Å². The van der Waals surface area contributed by atoms with Crippen LogP contribution in [0.3, 0.4) is 0 Å². The number of sulfone groups is 1. The van der Waals surface area contributed by atoms with Gasteiger partial charge < -0.3 is 9.30 Å². The summed E-state index contributed by atoms with van der Waals surface area (Å²) in [4.78, 5) is 29.3. The predicted octanol–water partition coefficient (Wildman–Crippen LogP) is 3.17. The second-order valence-corrected chi connectivity index (χ2v) is 10.2. The van der Waals surface area contributed by atoms with E-state index in [4.69, 9.17) is 4.74 Å². The summed E-state index contributed by atoms with van der Waals surface area (Å²) >= 11 is 1.28. The van der Waals surface area contributed by atoms with E-state index in [-0.39, 0.29) is 30.2 Å². The number of rotatable bonds is 7. The third kappa shape index (κ3) is 5.48. The van der Waals surface area contributed by atoms with Crippen molar-refractivity contribution in [1.29, 1.82) is 0 Å². The molecule has 0 aliphatic heterocycles. The van der Waals surface area contributed by atoms with Gasteiger partial charge in [-0.15, -0.1) is 0 Å². The number of carbonyl (C=O) groups excluding carboxylic acids is 2. The van der Waals surface area contributed by atoms with Gasteiger partial charge in [0.25, 0.3) is 0 Å². The number of nitrogens with zero attached hydrogens (tertiary/aromatic N) is 2. The molecule has 0 fully saturated rings. The van der Waals surface area contributed by atoms with Crippen LogP contribution in [0.25, 0.3) is 10.2 Å². The van der Waals surface area contributed by atoms with Crippen LogP contribution in [0.15, 0.2) is 52.4 Å². The molecular formula is C22H24N2O5S2. The number of hydrogen-bond donors (Lipinski definition) is 0. The molecule has 0 atom stereocenters. The van der Waals surface area contributed by atoms with Gasteiger partial charge in [-0.05, 0) is 56.2 Å². The Morgan fingerprint density at radius 2 is 1.77 bits per heavy atom. The van der Waals surface area contributed by atoms with Crippen molar-refractivity contribution in [2.45, 2.75) is 38.6 Å². The lowest BCUT2D eigenvalue weighted by atomic mass is 10.1. The van der Waals surface area contributed by atoms with Gasteiger partial charge >= 0.3 is 5.97 Å². The largest absolute Gasteiger partial charge is 0.465 e. The summed E-state index contributed by atoms with van der Waals surface area (Å²) in [5, 5.41) is 0. The molecule has 0 aliphatic rings. The van der Waals surface area contributed by atoms with E-state index < -0.39 is 21.7 Å². The molecule has 9 heteroatoms. The first kappa shape index (κ1) is 22.9. The van der Waals surface area contributed by atoms with Crippen molar-refractivity contribution >= 4 is 43.3 Å². The summed E-state index contributed by atoms with van der Waals surface area (Å²) in [5.74, 6) is -1.32. The van der Waals surface area contributed by atoms with E-state index in [1.165, 1.54) is 23.5 Å². The molecule has 3 aromatic rings. The van der Waals surface area contributed by atoms with Crippen LogP contribution in [0.1, 0.15) is 24.5 Å². The maximum Gasteiger partial charge on any atom is 0.326 e. The van der Waals surface area contributed by atoms with Crippen molar-refractivity contribution < 1.29 is 22.7 Å². The standard InChI is InChI=1S/C22H24N2O5S2/c1-4-29-21(26)14-24-18-12-15(2)16(3)13-19(18)30-22(24)23-20(25)10-11-31(27,28)17-8-6-5-7-9-17/h5-9,12-13H,4,10-11,14H2,1-3H3. The van der Waals surface area contributed by atoms with Crippen molar-refractivity contribution in [3.05, 3.63) is 58.4 Å². The summed E-state index contributed by atoms with van der Waals surface area (Å²) < 4.78 is 32.5. The molecule has 2 aromatic carbocycles. The lowest BCUT2D eigenvalue weighted by Gasteiger charge is -2.06. The van der Waals surface area contributed by atoms with Gasteiger partial charge in [-0.1, -0.05) is 29.5 Å². The van der Waals surface area contributed by atoms with Gasteiger partial charge in [-0.2, -0.15) is 4.99 Å². The Morgan fingerprint density at radius 1 is 1.10 bits per heavy atom. The molecule has 0 saturated carbocycles. The van der Waals surface area contributed by atoms with Crippen LogP contribution in [0.2, 0.25) is 0 Å². The van der Waals surface area contributed by atoms with Gasteiger partial charge in [-0.25, -0.2) is 8.42 Å². The predicted molar refractivity (Wildman–Crippen MR) is 120 cm³/mol. The van der Waals surface area contributed by atoms with E-state index in [9.17, 15) is 18.0 Å². The first-order valence-corrected chi connectivity index (χ1v) is 12.3. The summed E-state index contributed by atoms with van der Waals surface area (Å²) in [6.07, 6.45) is -0.247. The molecule has 0 radical (unpaired) electrons. The van der Waals surface area contributed by atoms with Gasteiger partial charge in [0.05, 0.1) is 27.5 Å². The normalized spacial score (nSPS) is 12.3. The second-order valence-electron chi connectivity index (χ2n) is 7.07. The van der Waals surface area contributed by atoms with Crippen LogP contribution in [-0.4, -0.2) is 37.2 Å². The summed E-state index contributed by atoms with van der Waals surface area (Å²) in [7, 11) is -3.58. The number of esters is 1. The highest BCUT2D eigenvalue weighted by Crippen LogP contribution is 2.22. The fraction of sp³-hybridized carbons (Fsp3) is 0.318. The summed E-state index contributed by atoms with van der Waals surface area (Å²) in [6.45, 7) is 5.86. The number of carbonyl (C=O) groups is 2. The van der Waals surface area contributed by atoms with Crippen molar-refractivity contribution in [1.82, 2.24) is 4.57 Å². The van der Waals surface area contributed by atoms with Crippen LogP contribution in [0.5, 0.6) is 0 Å². The molecule has 1 amide bonds. The fourth-order valence-electron chi connectivity index (χ4n) is 3.03. The zero-order chi connectivity index (χ0) is 22.6. The average Bonchev–Trinajstić information content (AvgIpc) is 3.03. The van der Waals surface area contributed by atoms with Crippen LogP contribution in [-0.2, 0) is 30.7 Å². The molecule has 0 aliphatic carbocycles. The number of aryl methyl sites for hydroxylation is 2. The zero-order valence-corrected chi connectivity index (χ0v) is 19.3. The second kappa shape index (κ2) is 9.57. The lowest BCUT2D eigenvalue weighted by molar-refractivity contribution is -0.143. The Kier molecular flexibility index (Phi) is 7.07. The van der Waals surface area contributed by atoms with Crippen LogP contribution >= 0.6 is 11.3 Å². The molecule has 164 valence electrons. The molecule has 1 heterocycles. The van der Waals surface area contributed by atoms with Gasteiger partial charge in [0, 0.05) is 6.42 Å². The minimum Gasteiger partial charge on any atom is -0.465 e. The molecular weight excluding hydrogens is 436 g/mol. The van der Waals surface area contributed by atoms with Crippen LogP contribution < -0.4 is 4.80 Å². The van der Waals surface area contributed by atoms with Crippen molar-refractivity contribution in [3.63, 3.8) is 0 Å². The molecule has 0 spiro atoms. The molecule has 1 aromatic heterocycles. The third-order valence-electron chi connectivity index (χ3n) is 4.80. The summed E-state index contributed by atoms with van der Waals surface area (Å²) in [6, 6.07) is 11.9. The monoisotopic (exact) mass is 460 g/mol. The Labute approximate surface area is 184 Å². The van der Waals surface area contributed by atoms with E-state index in [0.29, 0.717) is 4.80 Å². The van der Waals surface area contributed by atoms with Crippen molar-refractivity contribution in [2.24, 2.45) is 4.99 Å². The number of aromatic nitrogens is 1. The minimum absolute atomic E-state index is 0.0786. The number of hydrogen-bond acceptors (Lipinski definition) is 6. The number of benzene rings is 2. The van der Waals surface area contributed by atoms with Crippen molar-refractivity contribution in [3.8, 4) is 0 Å². The first-order valence-electron chi connectivity index (χ1n) is 9.83. The van der Waals surface area contributed by atoms with Crippen LogP contribution in [0, 0.1) is 13.8 Å². The van der Waals surface area contributed by atoms with E-state index in [1.54, 1.807) is 29.7 Å². The first-order chi connectivity index (χ1) is 14.7. The van der Waals surface area contributed by atoms with Gasteiger partial charge in [-0.3, -0.25) is 9.59 Å². The SMILES string of the molecule is CCOC(=O)Cn1c(=NC(=O)CCS(=O)(=O)c2ccccc2)sc2cc(C)c(C)cc21. The highest BCUT2D eigenvalue weighted by Gasteiger charge is 2.17. The molecule has 3 rings (SSSR count). The lowest BCUT2D eigenvalue weighted by Crippen LogP contribution is -2.23. The van der Waals surface area contributed by atoms with Gasteiger partial charge in [0.2, 0.25) is 5.91 Å².